The molecule has 1 heterocycles. The third-order valence-corrected chi connectivity index (χ3v) is 4.98. The standard InChI is InChI=1S/C15H23IN2/c1-3-18-10-8-13(9-11-18)12(2)17-15-7-5-4-6-14(15)16/h4-7,12-13,17H,3,8-11H2,1-2H3. The number of likely N-dealkylation sites (tertiary alicyclic amines) is 1. The number of piperidine rings is 1. The average molecular weight is 358 g/mol. The van der Waals surface area contributed by atoms with Gasteiger partial charge in [-0.1, -0.05) is 19.1 Å². The molecule has 1 aliphatic rings. The highest BCUT2D eigenvalue weighted by atomic mass is 127. The second kappa shape index (κ2) is 6.75. The molecule has 0 radical (unpaired) electrons. The second-order valence-corrected chi connectivity index (χ2v) is 6.35. The first-order chi connectivity index (χ1) is 8.70. The Balaban J connectivity index is 1.89. The Hall–Kier alpha value is -0.290. The van der Waals surface area contributed by atoms with Crippen LogP contribution in [0.3, 0.4) is 0 Å². The minimum atomic E-state index is 0.569. The van der Waals surface area contributed by atoms with Gasteiger partial charge in [0.1, 0.15) is 0 Å². The number of benzene rings is 1. The SMILES string of the molecule is CCN1CCC(C(C)Nc2ccccc2I)CC1. The Morgan fingerprint density at radius 2 is 2.00 bits per heavy atom. The van der Waals surface area contributed by atoms with Crippen molar-refractivity contribution in [2.24, 2.45) is 5.92 Å². The average Bonchev–Trinajstić information content (AvgIpc) is 2.41. The van der Waals surface area contributed by atoms with Crippen LogP contribution >= 0.6 is 22.6 Å². The van der Waals surface area contributed by atoms with E-state index < -0.39 is 0 Å². The third kappa shape index (κ3) is 3.60. The molecular formula is C15H23IN2. The van der Waals surface area contributed by atoms with Crippen LogP contribution in [0.25, 0.3) is 0 Å². The van der Waals surface area contributed by atoms with Crippen molar-refractivity contribution in [3.63, 3.8) is 0 Å². The summed E-state index contributed by atoms with van der Waals surface area (Å²) in [6, 6.07) is 9.11. The fourth-order valence-corrected chi connectivity index (χ4v) is 3.25. The molecule has 2 rings (SSSR count). The zero-order chi connectivity index (χ0) is 13.0. The molecule has 1 fully saturated rings. The van der Waals surface area contributed by atoms with Crippen molar-refractivity contribution in [3.8, 4) is 0 Å². The smallest absolute Gasteiger partial charge is 0.0478 e. The van der Waals surface area contributed by atoms with Crippen molar-refractivity contribution in [2.45, 2.75) is 32.7 Å². The largest absolute Gasteiger partial charge is 0.381 e. The van der Waals surface area contributed by atoms with Gasteiger partial charge < -0.3 is 10.2 Å². The first-order valence-electron chi connectivity index (χ1n) is 6.94. The van der Waals surface area contributed by atoms with Gasteiger partial charge >= 0.3 is 0 Å². The van der Waals surface area contributed by atoms with Crippen molar-refractivity contribution in [1.82, 2.24) is 4.90 Å². The molecule has 1 aliphatic heterocycles. The highest BCUT2D eigenvalue weighted by Crippen LogP contribution is 2.25. The lowest BCUT2D eigenvalue weighted by molar-refractivity contribution is 0.183. The van der Waals surface area contributed by atoms with Crippen LogP contribution < -0.4 is 5.32 Å². The maximum absolute atomic E-state index is 3.69. The fourth-order valence-electron chi connectivity index (χ4n) is 2.71. The Bertz CT molecular complexity index is 373. The molecule has 1 unspecified atom stereocenters. The molecule has 0 bridgehead atoms. The van der Waals surface area contributed by atoms with Crippen LogP contribution in [0.4, 0.5) is 5.69 Å². The molecule has 18 heavy (non-hydrogen) atoms. The molecule has 1 aromatic carbocycles. The molecule has 1 N–H and O–H groups in total. The topological polar surface area (TPSA) is 15.3 Å². The van der Waals surface area contributed by atoms with E-state index in [1.807, 2.05) is 0 Å². The number of halogens is 1. The van der Waals surface area contributed by atoms with Gasteiger partial charge in [0.2, 0.25) is 0 Å². The molecule has 0 amide bonds. The van der Waals surface area contributed by atoms with Crippen LogP contribution in [0.1, 0.15) is 26.7 Å². The van der Waals surface area contributed by atoms with E-state index in [-0.39, 0.29) is 0 Å². The predicted molar refractivity (Wildman–Crippen MR) is 87.1 cm³/mol. The fraction of sp³-hybridized carbons (Fsp3) is 0.600. The number of hydrogen-bond donors (Lipinski definition) is 1. The lowest BCUT2D eigenvalue weighted by atomic mass is 9.90. The van der Waals surface area contributed by atoms with E-state index in [1.54, 1.807) is 0 Å². The van der Waals surface area contributed by atoms with Crippen LogP contribution in [0, 0.1) is 9.49 Å². The highest BCUT2D eigenvalue weighted by Gasteiger charge is 2.23. The monoisotopic (exact) mass is 358 g/mol. The molecule has 0 spiro atoms. The van der Waals surface area contributed by atoms with Crippen LogP contribution in [-0.2, 0) is 0 Å². The Kier molecular flexibility index (Phi) is 5.30. The zero-order valence-electron chi connectivity index (χ0n) is 11.3. The minimum Gasteiger partial charge on any atom is -0.381 e. The maximum Gasteiger partial charge on any atom is 0.0478 e. The maximum atomic E-state index is 3.69. The first-order valence-corrected chi connectivity index (χ1v) is 8.02. The summed E-state index contributed by atoms with van der Waals surface area (Å²) in [5, 5.41) is 3.69. The van der Waals surface area contributed by atoms with E-state index in [9.17, 15) is 0 Å². The lowest BCUT2D eigenvalue weighted by Crippen LogP contribution is -2.39. The third-order valence-electron chi connectivity index (χ3n) is 4.04. The first kappa shape index (κ1) is 14.1. The summed E-state index contributed by atoms with van der Waals surface area (Å²) in [6.45, 7) is 8.31. The Morgan fingerprint density at radius 1 is 1.33 bits per heavy atom. The summed E-state index contributed by atoms with van der Waals surface area (Å²) in [6.07, 6.45) is 2.65. The van der Waals surface area contributed by atoms with E-state index >= 15 is 0 Å². The van der Waals surface area contributed by atoms with Crippen LogP contribution in [-0.4, -0.2) is 30.6 Å². The van der Waals surface area contributed by atoms with Crippen LogP contribution in [0.5, 0.6) is 0 Å². The number of hydrogen-bond acceptors (Lipinski definition) is 2. The van der Waals surface area contributed by atoms with Gasteiger partial charge in [0.15, 0.2) is 0 Å². The molecule has 0 aromatic heterocycles. The highest BCUT2D eigenvalue weighted by molar-refractivity contribution is 14.1. The normalized spacial score (nSPS) is 19.7. The van der Waals surface area contributed by atoms with Gasteiger partial charge in [0.05, 0.1) is 0 Å². The number of nitrogens with one attached hydrogen (secondary N) is 1. The van der Waals surface area contributed by atoms with Crippen molar-refractivity contribution in [2.75, 3.05) is 25.0 Å². The Morgan fingerprint density at radius 3 is 2.61 bits per heavy atom. The van der Waals surface area contributed by atoms with Crippen molar-refractivity contribution >= 4 is 28.3 Å². The summed E-state index contributed by atoms with van der Waals surface area (Å²) in [5.74, 6) is 0.809. The van der Waals surface area contributed by atoms with E-state index in [0.717, 1.165) is 5.92 Å². The molecule has 0 saturated carbocycles. The van der Waals surface area contributed by atoms with Crippen molar-refractivity contribution in [3.05, 3.63) is 27.8 Å². The van der Waals surface area contributed by atoms with Gasteiger partial charge in [-0.05, 0) is 80.0 Å². The molecule has 1 atom stereocenters. The van der Waals surface area contributed by atoms with E-state index in [4.69, 9.17) is 0 Å². The minimum absolute atomic E-state index is 0.569. The molecule has 100 valence electrons. The van der Waals surface area contributed by atoms with Crippen molar-refractivity contribution in [1.29, 1.82) is 0 Å². The Labute approximate surface area is 124 Å². The van der Waals surface area contributed by atoms with E-state index in [1.165, 1.54) is 41.7 Å². The molecule has 1 aromatic rings. The lowest BCUT2D eigenvalue weighted by Gasteiger charge is -2.35. The number of anilines is 1. The molecule has 3 heteroatoms. The molecule has 0 aliphatic carbocycles. The van der Waals surface area contributed by atoms with Crippen LogP contribution in [0.15, 0.2) is 24.3 Å². The summed E-state index contributed by atoms with van der Waals surface area (Å²) in [5.41, 5.74) is 1.28. The van der Waals surface area contributed by atoms with Gasteiger partial charge in [0, 0.05) is 15.3 Å². The summed E-state index contributed by atoms with van der Waals surface area (Å²) >= 11 is 2.40. The summed E-state index contributed by atoms with van der Waals surface area (Å²) in [4.78, 5) is 2.55. The molecule has 2 nitrogen and oxygen atoms in total. The zero-order valence-corrected chi connectivity index (χ0v) is 13.5. The quantitative estimate of drug-likeness (QED) is 0.824. The number of rotatable bonds is 4. The van der Waals surface area contributed by atoms with Gasteiger partial charge in [-0.2, -0.15) is 0 Å². The molecular weight excluding hydrogens is 335 g/mol. The van der Waals surface area contributed by atoms with Crippen LogP contribution in [0.2, 0.25) is 0 Å². The number of nitrogens with zero attached hydrogens (tertiary/aromatic N) is 1. The van der Waals surface area contributed by atoms with Gasteiger partial charge in [-0.3, -0.25) is 0 Å². The summed E-state index contributed by atoms with van der Waals surface area (Å²) in [7, 11) is 0. The van der Waals surface area contributed by atoms with E-state index in [0.29, 0.717) is 6.04 Å². The van der Waals surface area contributed by atoms with E-state index in [2.05, 4.69) is 70.9 Å². The summed E-state index contributed by atoms with van der Waals surface area (Å²) < 4.78 is 1.31. The van der Waals surface area contributed by atoms with Gasteiger partial charge in [-0.25, -0.2) is 0 Å². The second-order valence-electron chi connectivity index (χ2n) is 5.18. The number of para-hydroxylation sites is 1. The predicted octanol–water partition coefficient (Wildman–Crippen LogP) is 3.82. The molecule has 1 saturated heterocycles. The van der Waals surface area contributed by atoms with Gasteiger partial charge in [-0.15, -0.1) is 0 Å². The van der Waals surface area contributed by atoms with Gasteiger partial charge in [0.25, 0.3) is 0 Å². The van der Waals surface area contributed by atoms with Crippen molar-refractivity contribution < 1.29 is 0 Å².